The monoisotopic (exact) mass is 267 g/mol. The van der Waals surface area contributed by atoms with Gasteiger partial charge in [0, 0.05) is 5.39 Å². The molecule has 0 radical (unpaired) electrons. The van der Waals surface area contributed by atoms with Gasteiger partial charge in [0.2, 0.25) is 0 Å². The van der Waals surface area contributed by atoms with E-state index in [-0.39, 0.29) is 5.91 Å². The second-order valence-electron chi connectivity index (χ2n) is 4.29. The van der Waals surface area contributed by atoms with Gasteiger partial charge in [-0.1, -0.05) is 24.3 Å². The molecule has 0 unspecified atom stereocenters. The van der Waals surface area contributed by atoms with Crippen LogP contribution >= 0.6 is 0 Å². The number of carbonyl (C=O) groups is 1. The highest BCUT2D eigenvalue weighted by molar-refractivity contribution is 6.12. The van der Waals surface area contributed by atoms with Gasteiger partial charge in [-0.15, -0.1) is 0 Å². The smallest absolute Gasteiger partial charge is 0.257 e. The topological polar surface area (TPSA) is 67.0 Å². The van der Waals surface area contributed by atoms with Gasteiger partial charge in [-0.3, -0.25) is 9.89 Å². The van der Waals surface area contributed by atoms with E-state index in [4.69, 9.17) is 4.74 Å². The molecule has 100 valence electrons. The largest absolute Gasteiger partial charge is 0.495 e. The van der Waals surface area contributed by atoms with Crippen LogP contribution in [0.5, 0.6) is 5.75 Å². The molecule has 2 aromatic carbocycles. The molecule has 2 N–H and O–H groups in total. The van der Waals surface area contributed by atoms with E-state index < -0.39 is 0 Å². The molecule has 0 saturated carbocycles. The minimum absolute atomic E-state index is 0.204. The number of H-pyrrole nitrogens is 1. The minimum atomic E-state index is -0.204. The number of hydrogen-bond donors (Lipinski definition) is 2. The van der Waals surface area contributed by atoms with E-state index in [1.54, 1.807) is 31.5 Å². The van der Waals surface area contributed by atoms with Crippen LogP contribution in [0.2, 0.25) is 0 Å². The lowest BCUT2D eigenvalue weighted by atomic mass is 10.1. The molecule has 0 aliphatic carbocycles. The number of aromatic amines is 1. The number of fused-ring (bicyclic) bond motifs is 1. The summed E-state index contributed by atoms with van der Waals surface area (Å²) in [4.78, 5) is 12.4. The molecule has 5 nitrogen and oxygen atoms in total. The van der Waals surface area contributed by atoms with Gasteiger partial charge in [-0.05, 0) is 18.2 Å². The normalized spacial score (nSPS) is 10.4. The van der Waals surface area contributed by atoms with E-state index in [0.717, 1.165) is 10.9 Å². The summed E-state index contributed by atoms with van der Waals surface area (Å²) >= 11 is 0. The maximum Gasteiger partial charge on any atom is 0.257 e. The van der Waals surface area contributed by atoms with Gasteiger partial charge in [0.15, 0.2) is 0 Å². The molecule has 0 atom stereocenters. The van der Waals surface area contributed by atoms with Crippen LogP contribution in [0.25, 0.3) is 10.9 Å². The van der Waals surface area contributed by atoms with Crippen molar-refractivity contribution in [2.45, 2.75) is 0 Å². The lowest BCUT2D eigenvalue weighted by molar-refractivity contribution is 0.102. The Morgan fingerprint density at radius 2 is 2.05 bits per heavy atom. The van der Waals surface area contributed by atoms with Gasteiger partial charge in [-0.25, -0.2) is 0 Å². The van der Waals surface area contributed by atoms with E-state index >= 15 is 0 Å². The number of nitrogens with one attached hydrogen (secondary N) is 2. The average Bonchev–Trinajstić information content (AvgIpc) is 2.96. The Kier molecular flexibility index (Phi) is 3.09. The first-order chi connectivity index (χ1) is 9.79. The predicted octanol–water partition coefficient (Wildman–Crippen LogP) is 2.82. The van der Waals surface area contributed by atoms with Crippen LogP contribution in [0, 0.1) is 0 Å². The summed E-state index contributed by atoms with van der Waals surface area (Å²) < 4.78 is 5.22. The van der Waals surface area contributed by atoms with E-state index in [1.807, 2.05) is 24.3 Å². The number of benzene rings is 2. The molecule has 0 saturated heterocycles. The van der Waals surface area contributed by atoms with Gasteiger partial charge < -0.3 is 10.1 Å². The number of carbonyl (C=O) groups excluding carboxylic acids is 1. The Hall–Kier alpha value is -2.82. The molecule has 0 spiro atoms. The Morgan fingerprint density at radius 1 is 1.20 bits per heavy atom. The van der Waals surface area contributed by atoms with Crippen molar-refractivity contribution in [1.82, 2.24) is 10.2 Å². The number of hydrogen-bond acceptors (Lipinski definition) is 3. The quantitative estimate of drug-likeness (QED) is 0.766. The second kappa shape index (κ2) is 5.05. The highest BCUT2D eigenvalue weighted by atomic mass is 16.5. The first kappa shape index (κ1) is 12.2. The molecular formula is C15H13N3O2. The summed E-state index contributed by atoms with van der Waals surface area (Å²) in [7, 11) is 1.57. The van der Waals surface area contributed by atoms with Crippen molar-refractivity contribution >= 4 is 22.5 Å². The molecule has 0 bridgehead atoms. The number of nitrogens with zero attached hydrogens (tertiary/aromatic N) is 1. The maximum atomic E-state index is 12.4. The molecule has 3 rings (SSSR count). The fraction of sp³-hybridized carbons (Fsp3) is 0.0667. The molecular weight excluding hydrogens is 254 g/mol. The number of rotatable bonds is 3. The zero-order chi connectivity index (χ0) is 13.9. The van der Waals surface area contributed by atoms with Gasteiger partial charge >= 0.3 is 0 Å². The summed E-state index contributed by atoms with van der Waals surface area (Å²) in [5, 5.41) is 10.5. The fourth-order valence-corrected chi connectivity index (χ4v) is 2.10. The van der Waals surface area contributed by atoms with Crippen molar-refractivity contribution in [3.63, 3.8) is 0 Å². The zero-order valence-corrected chi connectivity index (χ0v) is 10.9. The molecule has 0 aliphatic heterocycles. The van der Waals surface area contributed by atoms with Crippen molar-refractivity contribution in [1.29, 1.82) is 0 Å². The third-order valence-corrected chi connectivity index (χ3v) is 3.08. The zero-order valence-electron chi connectivity index (χ0n) is 10.9. The highest BCUT2D eigenvalue weighted by Gasteiger charge is 2.13. The predicted molar refractivity (Wildman–Crippen MR) is 77.0 cm³/mol. The number of methoxy groups -OCH3 is 1. The Balaban J connectivity index is 1.95. The summed E-state index contributed by atoms with van der Waals surface area (Å²) in [6, 6.07) is 12.8. The number of para-hydroxylation sites is 3. The summed E-state index contributed by atoms with van der Waals surface area (Å²) in [6.45, 7) is 0. The molecule has 3 aromatic rings. The number of amides is 1. The minimum Gasteiger partial charge on any atom is -0.495 e. The average molecular weight is 267 g/mol. The summed E-state index contributed by atoms with van der Waals surface area (Å²) in [6.07, 6.45) is 1.69. The van der Waals surface area contributed by atoms with Gasteiger partial charge in [0.25, 0.3) is 5.91 Å². The third kappa shape index (κ3) is 2.09. The molecule has 1 amide bonds. The number of aromatic nitrogens is 2. The molecule has 5 heteroatoms. The summed E-state index contributed by atoms with van der Waals surface area (Å²) in [5.41, 5.74) is 1.90. The lowest BCUT2D eigenvalue weighted by Gasteiger charge is -2.10. The van der Waals surface area contributed by atoms with E-state index in [9.17, 15) is 4.79 Å². The Labute approximate surface area is 115 Å². The Morgan fingerprint density at radius 3 is 2.90 bits per heavy atom. The number of ether oxygens (including phenoxy) is 1. The second-order valence-corrected chi connectivity index (χ2v) is 4.29. The molecule has 0 fully saturated rings. The van der Waals surface area contributed by atoms with Crippen molar-refractivity contribution in [3.8, 4) is 5.75 Å². The van der Waals surface area contributed by atoms with E-state index in [2.05, 4.69) is 15.5 Å². The van der Waals surface area contributed by atoms with Crippen LogP contribution in [-0.4, -0.2) is 23.2 Å². The summed E-state index contributed by atoms with van der Waals surface area (Å²) in [5.74, 6) is 0.419. The first-order valence-electron chi connectivity index (χ1n) is 6.16. The molecule has 0 aliphatic rings. The highest BCUT2D eigenvalue weighted by Crippen LogP contribution is 2.24. The van der Waals surface area contributed by atoms with Gasteiger partial charge in [0.1, 0.15) is 5.75 Å². The van der Waals surface area contributed by atoms with E-state index in [0.29, 0.717) is 17.0 Å². The molecule has 20 heavy (non-hydrogen) atoms. The first-order valence-corrected chi connectivity index (χ1v) is 6.16. The van der Waals surface area contributed by atoms with Crippen LogP contribution in [-0.2, 0) is 0 Å². The van der Waals surface area contributed by atoms with Crippen LogP contribution in [0.1, 0.15) is 10.4 Å². The van der Waals surface area contributed by atoms with Crippen LogP contribution in [0.4, 0.5) is 5.69 Å². The van der Waals surface area contributed by atoms with Crippen molar-refractivity contribution < 1.29 is 9.53 Å². The standard InChI is InChI=1S/C15H13N3O2/c1-20-13-8-3-2-7-12(13)17-15(19)11-6-4-5-10-9-16-18-14(10)11/h2-9H,1H3,(H,16,18)(H,17,19). The SMILES string of the molecule is COc1ccccc1NC(=O)c1cccc2cn[nH]c12. The van der Waals surface area contributed by atoms with Gasteiger partial charge in [0.05, 0.1) is 30.1 Å². The Bertz CT molecular complexity index is 764. The van der Waals surface area contributed by atoms with Crippen LogP contribution in [0.15, 0.2) is 48.7 Å². The van der Waals surface area contributed by atoms with Crippen molar-refractivity contribution in [2.24, 2.45) is 0 Å². The molecule has 1 aromatic heterocycles. The maximum absolute atomic E-state index is 12.4. The lowest BCUT2D eigenvalue weighted by Crippen LogP contribution is -2.13. The fourth-order valence-electron chi connectivity index (χ4n) is 2.10. The van der Waals surface area contributed by atoms with Crippen molar-refractivity contribution in [2.75, 3.05) is 12.4 Å². The third-order valence-electron chi connectivity index (χ3n) is 3.08. The van der Waals surface area contributed by atoms with E-state index in [1.165, 1.54) is 0 Å². The number of anilines is 1. The van der Waals surface area contributed by atoms with Gasteiger partial charge in [-0.2, -0.15) is 5.10 Å². The van der Waals surface area contributed by atoms with Crippen LogP contribution in [0.3, 0.4) is 0 Å². The molecule has 1 heterocycles. The van der Waals surface area contributed by atoms with Crippen molar-refractivity contribution in [3.05, 3.63) is 54.2 Å². The van der Waals surface area contributed by atoms with Crippen LogP contribution < -0.4 is 10.1 Å².